The van der Waals surface area contributed by atoms with Crippen LogP contribution in [0.5, 0.6) is 5.75 Å². The summed E-state index contributed by atoms with van der Waals surface area (Å²) in [5.41, 5.74) is 2.33. The first-order chi connectivity index (χ1) is 9.96. The summed E-state index contributed by atoms with van der Waals surface area (Å²) < 4.78 is 8.04. The largest absolute Gasteiger partial charge is 0.491 e. The molecule has 0 aliphatic rings. The molecule has 0 atom stereocenters. The molecular formula is C17H25ClN2O. The van der Waals surface area contributed by atoms with Crippen LogP contribution in [-0.2, 0) is 12.4 Å². The smallest absolute Gasteiger partial charge is 0.147 e. The molecule has 0 bridgehead atoms. The van der Waals surface area contributed by atoms with Gasteiger partial charge in [-0.2, -0.15) is 0 Å². The summed E-state index contributed by atoms with van der Waals surface area (Å²) in [7, 11) is 0. The van der Waals surface area contributed by atoms with Crippen molar-refractivity contribution in [2.45, 2.75) is 53.0 Å². The third-order valence-corrected chi connectivity index (χ3v) is 3.73. The predicted octanol–water partition coefficient (Wildman–Crippen LogP) is 5.00. The number of imidazole rings is 1. The number of hydrogen-bond donors (Lipinski definition) is 0. The molecule has 116 valence electrons. The van der Waals surface area contributed by atoms with E-state index in [-0.39, 0.29) is 5.41 Å². The Morgan fingerprint density at radius 1 is 1.29 bits per heavy atom. The van der Waals surface area contributed by atoms with Crippen molar-refractivity contribution in [3.8, 4) is 5.75 Å². The first-order valence-electron chi connectivity index (χ1n) is 7.63. The Morgan fingerprint density at radius 3 is 2.67 bits per heavy atom. The maximum atomic E-state index is 6.09. The molecule has 21 heavy (non-hydrogen) atoms. The second-order valence-corrected chi connectivity index (χ2v) is 6.86. The van der Waals surface area contributed by atoms with E-state index in [0.717, 1.165) is 42.0 Å². The van der Waals surface area contributed by atoms with Gasteiger partial charge in [0.25, 0.3) is 0 Å². The molecular weight excluding hydrogens is 284 g/mol. The van der Waals surface area contributed by atoms with Crippen LogP contribution in [0, 0.1) is 5.41 Å². The second-order valence-electron chi connectivity index (χ2n) is 6.60. The molecule has 0 N–H and O–H groups in total. The average molecular weight is 309 g/mol. The fourth-order valence-corrected chi connectivity index (χ4v) is 2.50. The Balaban J connectivity index is 2.39. The summed E-state index contributed by atoms with van der Waals surface area (Å²) in [6.07, 6.45) is 2.08. The minimum atomic E-state index is 0.288. The van der Waals surface area contributed by atoms with Gasteiger partial charge in [0.1, 0.15) is 17.1 Å². The summed E-state index contributed by atoms with van der Waals surface area (Å²) in [5.74, 6) is 2.20. The highest BCUT2D eigenvalue weighted by molar-refractivity contribution is 6.16. The summed E-state index contributed by atoms with van der Waals surface area (Å²) in [6, 6.07) is 6.11. The lowest BCUT2D eigenvalue weighted by Crippen LogP contribution is -2.11. The highest BCUT2D eigenvalue weighted by Gasteiger charge is 2.16. The van der Waals surface area contributed by atoms with Crippen LogP contribution in [0.1, 0.15) is 46.4 Å². The van der Waals surface area contributed by atoms with E-state index in [0.29, 0.717) is 12.5 Å². The first kappa shape index (κ1) is 16.2. The van der Waals surface area contributed by atoms with Crippen molar-refractivity contribution in [3.05, 3.63) is 24.0 Å². The molecule has 2 aromatic rings. The van der Waals surface area contributed by atoms with Gasteiger partial charge in [-0.05, 0) is 30.4 Å². The molecule has 0 saturated carbocycles. The zero-order chi connectivity index (χ0) is 15.5. The van der Waals surface area contributed by atoms with Gasteiger partial charge in [-0.25, -0.2) is 4.98 Å². The summed E-state index contributed by atoms with van der Waals surface area (Å²) in [4.78, 5) is 4.69. The Kier molecular flexibility index (Phi) is 5.15. The van der Waals surface area contributed by atoms with Crippen molar-refractivity contribution < 1.29 is 4.74 Å². The lowest BCUT2D eigenvalue weighted by Gasteiger charge is -2.19. The minimum Gasteiger partial charge on any atom is -0.491 e. The third kappa shape index (κ3) is 3.91. The van der Waals surface area contributed by atoms with Crippen LogP contribution in [0.25, 0.3) is 11.0 Å². The topological polar surface area (TPSA) is 27.1 Å². The number of aromatic nitrogens is 2. The monoisotopic (exact) mass is 308 g/mol. The van der Waals surface area contributed by atoms with Crippen LogP contribution in [0.3, 0.4) is 0 Å². The molecule has 1 aromatic heterocycles. The maximum absolute atomic E-state index is 6.09. The number of fused-ring (bicyclic) bond motifs is 1. The van der Waals surface area contributed by atoms with Crippen molar-refractivity contribution in [1.82, 2.24) is 9.55 Å². The first-order valence-corrected chi connectivity index (χ1v) is 8.16. The number of nitrogens with zero attached hydrogens (tertiary/aromatic N) is 2. The fraction of sp³-hybridized carbons (Fsp3) is 0.588. The molecule has 0 spiro atoms. The quantitative estimate of drug-likeness (QED) is 0.702. The number of hydrogen-bond acceptors (Lipinski definition) is 2. The molecule has 4 heteroatoms. The Labute approximate surface area is 132 Å². The van der Waals surface area contributed by atoms with E-state index in [1.54, 1.807) is 0 Å². The van der Waals surface area contributed by atoms with Gasteiger partial charge in [-0.3, -0.25) is 0 Å². The van der Waals surface area contributed by atoms with Gasteiger partial charge < -0.3 is 9.30 Å². The molecule has 0 unspecified atom stereocenters. The van der Waals surface area contributed by atoms with Crippen molar-refractivity contribution in [2.24, 2.45) is 5.41 Å². The Hall–Kier alpha value is -1.22. The zero-order valence-electron chi connectivity index (χ0n) is 13.4. The van der Waals surface area contributed by atoms with E-state index in [1.807, 2.05) is 12.1 Å². The Bertz CT molecular complexity index is 599. The van der Waals surface area contributed by atoms with E-state index in [2.05, 4.69) is 38.3 Å². The Morgan fingerprint density at radius 2 is 2.05 bits per heavy atom. The fourth-order valence-electron chi connectivity index (χ4n) is 2.30. The molecule has 2 rings (SSSR count). The summed E-state index contributed by atoms with van der Waals surface area (Å²) in [5, 5.41) is 0. The van der Waals surface area contributed by atoms with E-state index in [9.17, 15) is 0 Å². The molecule has 0 amide bonds. The molecule has 0 aliphatic heterocycles. The van der Waals surface area contributed by atoms with Gasteiger partial charge >= 0.3 is 0 Å². The van der Waals surface area contributed by atoms with Crippen molar-refractivity contribution in [2.75, 3.05) is 6.61 Å². The third-order valence-electron chi connectivity index (χ3n) is 3.49. The van der Waals surface area contributed by atoms with Crippen LogP contribution in [-0.4, -0.2) is 16.2 Å². The van der Waals surface area contributed by atoms with Gasteiger partial charge in [0, 0.05) is 6.54 Å². The number of rotatable bonds is 6. The highest BCUT2D eigenvalue weighted by atomic mass is 35.5. The molecule has 0 radical (unpaired) electrons. The molecule has 1 heterocycles. The number of para-hydroxylation sites is 1. The van der Waals surface area contributed by atoms with Crippen LogP contribution < -0.4 is 4.74 Å². The SMILES string of the molecule is CCCOc1cccc2c1nc(CCl)n2CCC(C)(C)C. The number of benzene rings is 1. The number of halogens is 1. The summed E-state index contributed by atoms with van der Waals surface area (Å²) >= 11 is 6.09. The van der Waals surface area contributed by atoms with Crippen LogP contribution >= 0.6 is 11.6 Å². The van der Waals surface area contributed by atoms with Gasteiger partial charge in [-0.1, -0.05) is 33.8 Å². The molecule has 0 aliphatic carbocycles. The number of ether oxygens (including phenoxy) is 1. The molecule has 0 saturated heterocycles. The highest BCUT2D eigenvalue weighted by Crippen LogP contribution is 2.29. The van der Waals surface area contributed by atoms with Gasteiger partial charge in [0.05, 0.1) is 18.0 Å². The van der Waals surface area contributed by atoms with Crippen molar-refractivity contribution in [1.29, 1.82) is 0 Å². The number of alkyl halides is 1. The van der Waals surface area contributed by atoms with Crippen LogP contribution in [0.4, 0.5) is 0 Å². The average Bonchev–Trinajstić information content (AvgIpc) is 2.80. The normalized spacial score (nSPS) is 12.0. The molecule has 1 aromatic carbocycles. The van der Waals surface area contributed by atoms with Crippen LogP contribution in [0.15, 0.2) is 18.2 Å². The molecule has 0 fully saturated rings. The van der Waals surface area contributed by atoms with E-state index in [4.69, 9.17) is 21.3 Å². The molecule has 3 nitrogen and oxygen atoms in total. The van der Waals surface area contributed by atoms with Crippen molar-refractivity contribution in [3.63, 3.8) is 0 Å². The number of aryl methyl sites for hydroxylation is 1. The van der Waals surface area contributed by atoms with Crippen molar-refractivity contribution >= 4 is 22.6 Å². The minimum absolute atomic E-state index is 0.288. The van der Waals surface area contributed by atoms with Gasteiger partial charge in [0.2, 0.25) is 0 Å². The standard InChI is InChI=1S/C17H25ClN2O/c1-5-11-21-14-8-6-7-13-16(14)19-15(12-18)20(13)10-9-17(2,3)4/h6-8H,5,9-12H2,1-4H3. The predicted molar refractivity (Wildman–Crippen MR) is 89.1 cm³/mol. The van der Waals surface area contributed by atoms with E-state index in [1.165, 1.54) is 0 Å². The van der Waals surface area contributed by atoms with Gasteiger partial charge in [-0.15, -0.1) is 11.6 Å². The van der Waals surface area contributed by atoms with Gasteiger partial charge in [0.15, 0.2) is 0 Å². The maximum Gasteiger partial charge on any atom is 0.147 e. The van der Waals surface area contributed by atoms with Crippen LogP contribution in [0.2, 0.25) is 0 Å². The lowest BCUT2D eigenvalue weighted by molar-refractivity contribution is 0.320. The van der Waals surface area contributed by atoms with E-state index < -0.39 is 0 Å². The second kappa shape index (κ2) is 6.69. The zero-order valence-corrected chi connectivity index (χ0v) is 14.2. The lowest BCUT2D eigenvalue weighted by atomic mass is 9.92. The van der Waals surface area contributed by atoms with E-state index >= 15 is 0 Å². The summed E-state index contributed by atoms with van der Waals surface area (Å²) in [6.45, 7) is 10.5.